The Kier molecular flexibility index (Phi) is 7.40. The summed E-state index contributed by atoms with van der Waals surface area (Å²) in [6.07, 6.45) is 0.788. The molecule has 106 valence electrons. The van der Waals surface area contributed by atoms with Gasteiger partial charge in [-0.05, 0) is 24.1 Å². The molecule has 0 atom stereocenters. The number of carbonyl (C=O) groups excluding carboxylic acids is 1. The lowest BCUT2D eigenvalue weighted by Crippen LogP contribution is -2.34. The van der Waals surface area contributed by atoms with Crippen molar-refractivity contribution in [3.63, 3.8) is 0 Å². The minimum Gasteiger partial charge on any atom is -0.385 e. The summed E-state index contributed by atoms with van der Waals surface area (Å²) in [6.45, 7) is 1.89. The molecule has 2 N–H and O–H groups in total. The highest BCUT2D eigenvalue weighted by Crippen LogP contribution is 2.15. The predicted molar refractivity (Wildman–Crippen MR) is 72.6 cm³/mol. The summed E-state index contributed by atoms with van der Waals surface area (Å²) in [5.41, 5.74) is 0.832. The monoisotopic (exact) mass is 288 g/mol. The molecule has 1 rings (SSSR count). The Morgan fingerprint density at radius 1 is 1.47 bits per heavy atom. The third-order valence-corrected chi connectivity index (χ3v) is 2.74. The van der Waals surface area contributed by atoms with Crippen LogP contribution in [0.5, 0.6) is 0 Å². The fourth-order valence-electron chi connectivity index (χ4n) is 1.48. The van der Waals surface area contributed by atoms with E-state index in [1.54, 1.807) is 19.2 Å². The number of rotatable bonds is 8. The SMILES string of the molecule is COCCCNC(=O)CNCc1ccc(F)c(Cl)c1. The summed E-state index contributed by atoms with van der Waals surface area (Å²) in [5.74, 6) is -0.523. The van der Waals surface area contributed by atoms with Crippen molar-refractivity contribution in [1.29, 1.82) is 0 Å². The van der Waals surface area contributed by atoms with Crippen molar-refractivity contribution in [3.05, 3.63) is 34.6 Å². The minimum absolute atomic E-state index is 0.0793. The summed E-state index contributed by atoms with van der Waals surface area (Å²) >= 11 is 5.66. The molecule has 0 fully saturated rings. The number of carbonyl (C=O) groups is 1. The van der Waals surface area contributed by atoms with Crippen molar-refractivity contribution in [2.75, 3.05) is 26.8 Å². The Hall–Kier alpha value is -1.17. The summed E-state index contributed by atoms with van der Waals surface area (Å²) in [4.78, 5) is 11.4. The second kappa shape index (κ2) is 8.85. The van der Waals surface area contributed by atoms with Gasteiger partial charge < -0.3 is 15.4 Å². The maximum atomic E-state index is 12.9. The lowest BCUT2D eigenvalue weighted by atomic mass is 10.2. The van der Waals surface area contributed by atoms with Crippen molar-refractivity contribution >= 4 is 17.5 Å². The molecule has 6 heteroatoms. The molecule has 0 aliphatic heterocycles. The Labute approximate surface area is 117 Å². The van der Waals surface area contributed by atoms with E-state index >= 15 is 0 Å². The quantitative estimate of drug-likeness (QED) is 0.716. The van der Waals surface area contributed by atoms with Crippen LogP contribution in [0.3, 0.4) is 0 Å². The Bertz CT molecular complexity index is 416. The molecule has 1 aromatic carbocycles. The number of amides is 1. The highest BCUT2D eigenvalue weighted by atomic mass is 35.5. The van der Waals surface area contributed by atoms with Gasteiger partial charge in [0.2, 0.25) is 5.91 Å². The van der Waals surface area contributed by atoms with Crippen LogP contribution in [0, 0.1) is 5.82 Å². The molecule has 0 radical (unpaired) electrons. The topological polar surface area (TPSA) is 50.4 Å². The van der Waals surface area contributed by atoms with E-state index < -0.39 is 5.82 Å². The molecule has 1 aromatic rings. The van der Waals surface area contributed by atoms with Gasteiger partial charge in [0, 0.05) is 26.8 Å². The molecule has 0 saturated heterocycles. The smallest absolute Gasteiger partial charge is 0.233 e. The highest BCUT2D eigenvalue weighted by Gasteiger charge is 2.02. The number of nitrogens with one attached hydrogen (secondary N) is 2. The van der Waals surface area contributed by atoms with Gasteiger partial charge in [-0.25, -0.2) is 4.39 Å². The first-order valence-corrected chi connectivity index (χ1v) is 6.41. The molecule has 0 aromatic heterocycles. The zero-order chi connectivity index (χ0) is 14.1. The van der Waals surface area contributed by atoms with E-state index in [0.717, 1.165) is 12.0 Å². The number of halogens is 2. The molecule has 19 heavy (non-hydrogen) atoms. The van der Waals surface area contributed by atoms with E-state index in [1.165, 1.54) is 6.07 Å². The van der Waals surface area contributed by atoms with Crippen molar-refractivity contribution in [1.82, 2.24) is 10.6 Å². The average molecular weight is 289 g/mol. The standard InChI is InChI=1S/C13H18ClFN2O2/c1-19-6-2-5-17-13(18)9-16-8-10-3-4-12(15)11(14)7-10/h3-4,7,16H,2,5-6,8-9H2,1H3,(H,17,18). The van der Waals surface area contributed by atoms with Crippen molar-refractivity contribution in [2.24, 2.45) is 0 Å². The first kappa shape index (κ1) is 15.9. The number of hydrogen-bond acceptors (Lipinski definition) is 3. The van der Waals surface area contributed by atoms with E-state index in [0.29, 0.717) is 19.7 Å². The van der Waals surface area contributed by atoms with E-state index in [9.17, 15) is 9.18 Å². The van der Waals surface area contributed by atoms with E-state index in [-0.39, 0.29) is 17.5 Å². The molecule has 0 heterocycles. The lowest BCUT2D eigenvalue weighted by Gasteiger charge is -2.07. The Balaban J connectivity index is 2.18. The van der Waals surface area contributed by atoms with Crippen LogP contribution in [0.25, 0.3) is 0 Å². The molecule has 4 nitrogen and oxygen atoms in total. The van der Waals surface area contributed by atoms with Gasteiger partial charge in [-0.2, -0.15) is 0 Å². The largest absolute Gasteiger partial charge is 0.385 e. The van der Waals surface area contributed by atoms with Crippen molar-refractivity contribution in [3.8, 4) is 0 Å². The minimum atomic E-state index is -0.443. The number of methoxy groups -OCH3 is 1. The Morgan fingerprint density at radius 2 is 2.26 bits per heavy atom. The van der Waals surface area contributed by atoms with Crippen molar-refractivity contribution < 1.29 is 13.9 Å². The average Bonchev–Trinajstić information content (AvgIpc) is 2.39. The van der Waals surface area contributed by atoms with Gasteiger partial charge in [0.05, 0.1) is 11.6 Å². The van der Waals surface area contributed by atoms with Crippen LogP contribution < -0.4 is 10.6 Å². The van der Waals surface area contributed by atoms with Crippen LogP contribution >= 0.6 is 11.6 Å². The molecule has 0 bridgehead atoms. The van der Waals surface area contributed by atoms with E-state index in [4.69, 9.17) is 16.3 Å². The molecule has 0 aliphatic carbocycles. The van der Waals surface area contributed by atoms with Crippen LogP contribution in [0.15, 0.2) is 18.2 Å². The van der Waals surface area contributed by atoms with Gasteiger partial charge in [-0.3, -0.25) is 4.79 Å². The van der Waals surface area contributed by atoms with Gasteiger partial charge in [0.25, 0.3) is 0 Å². The van der Waals surface area contributed by atoms with Crippen LogP contribution in [-0.2, 0) is 16.1 Å². The van der Waals surface area contributed by atoms with Crippen LogP contribution in [0.1, 0.15) is 12.0 Å². The molecule has 1 amide bonds. The summed E-state index contributed by atoms with van der Waals surface area (Å²) in [5, 5.41) is 5.81. The molecule has 0 unspecified atom stereocenters. The van der Waals surface area contributed by atoms with Gasteiger partial charge in [-0.15, -0.1) is 0 Å². The van der Waals surface area contributed by atoms with Crippen LogP contribution in [-0.4, -0.2) is 32.7 Å². The van der Waals surface area contributed by atoms with E-state index in [2.05, 4.69) is 10.6 Å². The van der Waals surface area contributed by atoms with Crippen LogP contribution in [0.4, 0.5) is 4.39 Å². The highest BCUT2D eigenvalue weighted by molar-refractivity contribution is 6.30. The maximum absolute atomic E-state index is 12.9. The van der Waals surface area contributed by atoms with Gasteiger partial charge in [0.1, 0.15) is 5.82 Å². The molecule has 0 saturated carbocycles. The molecule has 0 aliphatic rings. The normalized spacial score (nSPS) is 10.5. The zero-order valence-corrected chi connectivity index (χ0v) is 11.6. The fraction of sp³-hybridized carbons (Fsp3) is 0.462. The number of hydrogen-bond donors (Lipinski definition) is 2. The van der Waals surface area contributed by atoms with Gasteiger partial charge in [-0.1, -0.05) is 17.7 Å². The molecular weight excluding hydrogens is 271 g/mol. The predicted octanol–water partition coefficient (Wildman–Crippen LogP) is 1.72. The lowest BCUT2D eigenvalue weighted by molar-refractivity contribution is -0.120. The van der Waals surface area contributed by atoms with E-state index in [1.807, 2.05) is 0 Å². The van der Waals surface area contributed by atoms with Crippen LogP contribution in [0.2, 0.25) is 5.02 Å². The first-order chi connectivity index (χ1) is 9.13. The van der Waals surface area contributed by atoms with Crippen molar-refractivity contribution in [2.45, 2.75) is 13.0 Å². The Morgan fingerprint density at radius 3 is 2.95 bits per heavy atom. The molecular formula is C13H18ClFN2O2. The summed E-state index contributed by atoms with van der Waals surface area (Å²) < 4.78 is 17.8. The third-order valence-electron chi connectivity index (χ3n) is 2.45. The van der Waals surface area contributed by atoms with Gasteiger partial charge in [0.15, 0.2) is 0 Å². The third kappa shape index (κ3) is 6.52. The summed E-state index contributed by atoms with van der Waals surface area (Å²) in [6, 6.07) is 4.48. The van der Waals surface area contributed by atoms with Gasteiger partial charge >= 0.3 is 0 Å². The number of ether oxygens (including phenoxy) is 1. The first-order valence-electron chi connectivity index (χ1n) is 6.03. The fourth-order valence-corrected chi connectivity index (χ4v) is 1.68. The molecule has 0 spiro atoms. The summed E-state index contributed by atoms with van der Waals surface area (Å²) in [7, 11) is 1.62. The maximum Gasteiger partial charge on any atom is 0.233 e. The zero-order valence-electron chi connectivity index (χ0n) is 10.8. The second-order valence-electron chi connectivity index (χ2n) is 4.05. The number of benzene rings is 1. The second-order valence-corrected chi connectivity index (χ2v) is 4.46.